The molecule has 0 bridgehead atoms. The predicted octanol–water partition coefficient (Wildman–Crippen LogP) is 3.58. The summed E-state index contributed by atoms with van der Waals surface area (Å²) in [6.45, 7) is 2.08. The molecule has 0 aromatic rings. The Labute approximate surface area is 161 Å². The lowest BCUT2D eigenvalue weighted by Gasteiger charge is -2.16. The van der Waals surface area contributed by atoms with Crippen LogP contribution in [0.1, 0.15) is 51.9 Å². The number of aliphatic carboxylic acids is 1. The highest BCUT2D eigenvalue weighted by Crippen LogP contribution is 2.33. The van der Waals surface area contributed by atoms with E-state index in [1.54, 1.807) is 18.2 Å². The first-order chi connectivity index (χ1) is 13.0. The van der Waals surface area contributed by atoms with E-state index in [4.69, 9.17) is 5.11 Å². The first kappa shape index (κ1) is 23.1. The van der Waals surface area contributed by atoms with Crippen LogP contribution in [-0.2, 0) is 9.59 Å². The molecule has 4 atom stereocenters. The van der Waals surface area contributed by atoms with E-state index in [1.165, 1.54) is 0 Å². The van der Waals surface area contributed by atoms with Crippen LogP contribution in [0.2, 0.25) is 0 Å². The molecule has 27 heavy (non-hydrogen) atoms. The molecule has 1 rings (SSSR count). The molecule has 0 amide bonds. The molecule has 0 aromatic heterocycles. The Morgan fingerprint density at radius 1 is 1.19 bits per heavy atom. The summed E-state index contributed by atoms with van der Waals surface area (Å²) in [5.74, 6) is -1.47. The monoisotopic (exact) mass is 376 g/mol. The Morgan fingerprint density at radius 2 is 1.93 bits per heavy atom. The van der Waals surface area contributed by atoms with E-state index in [0.717, 1.165) is 12.8 Å². The smallest absolute Gasteiger partial charge is 0.303 e. The lowest BCUT2D eigenvalue weighted by Crippen LogP contribution is -2.18. The van der Waals surface area contributed by atoms with E-state index in [2.05, 4.69) is 19.1 Å². The standard InChI is InChI=1S/C22H32O5/c1-2-3-4-5-6-8-11-17(23)14-15-19-18(20(24)16-21(19)25)12-9-7-10-13-22(26)27/h3-4,6-9,14-15,17-19,21,23,25H,2,5,10-13,16H2,1H3,(H,26,27)/b4-3-,8-6-,9-7-,15-14+/t17-,18+,19+,21+/m1/s1. The topological polar surface area (TPSA) is 94.8 Å². The average Bonchev–Trinajstić information content (AvgIpc) is 2.88. The molecule has 5 heteroatoms. The van der Waals surface area contributed by atoms with Crippen molar-refractivity contribution < 1.29 is 24.9 Å². The van der Waals surface area contributed by atoms with E-state index in [9.17, 15) is 19.8 Å². The van der Waals surface area contributed by atoms with Crippen LogP contribution in [0.15, 0.2) is 48.6 Å². The molecule has 1 fully saturated rings. The van der Waals surface area contributed by atoms with Crippen LogP contribution in [0.3, 0.4) is 0 Å². The number of ketones is 1. The van der Waals surface area contributed by atoms with Gasteiger partial charge in [0.25, 0.3) is 0 Å². The zero-order valence-corrected chi connectivity index (χ0v) is 16.0. The summed E-state index contributed by atoms with van der Waals surface area (Å²) in [7, 11) is 0. The van der Waals surface area contributed by atoms with Crippen molar-refractivity contribution in [1.82, 2.24) is 0 Å². The highest BCUT2D eigenvalue weighted by Gasteiger charge is 2.39. The van der Waals surface area contributed by atoms with Crippen LogP contribution >= 0.6 is 0 Å². The zero-order chi connectivity index (χ0) is 20.1. The maximum atomic E-state index is 12.1. The molecule has 0 aliphatic heterocycles. The second-order valence-electron chi connectivity index (χ2n) is 6.84. The van der Waals surface area contributed by atoms with Crippen molar-refractivity contribution in [2.24, 2.45) is 11.8 Å². The Kier molecular flexibility index (Phi) is 11.3. The lowest BCUT2D eigenvalue weighted by molar-refractivity contribution is -0.136. The maximum absolute atomic E-state index is 12.1. The normalized spacial score (nSPS) is 24.9. The number of allylic oxidation sites excluding steroid dienone is 5. The Hall–Kier alpha value is -1.98. The number of hydrogen-bond acceptors (Lipinski definition) is 4. The Morgan fingerprint density at radius 3 is 2.63 bits per heavy atom. The number of aliphatic hydroxyl groups is 2. The summed E-state index contributed by atoms with van der Waals surface area (Å²) >= 11 is 0. The van der Waals surface area contributed by atoms with Gasteiger partial charge in [-0.15, -0.1) is 0 Å². The summed E-state index contributed by atoms with van der Waals surface area (Å²) < 4.78 is 0. The maximum Gasteiger partial charge on any atom is 0.303 e. The number of carbonyl (C=O) groups excluding carboxylic acids is 1. The van der Waals surface area contributed by atoms with Gasteiger partial charge in [-0.05, 0) is 32.1 Å². The van der Waals surface area contributed by atoms with E-state index < -0.39 is 18.2 Å². The molecule has 0 unspecified atom stereocenters. The Bertz CT molecular complexity index is 573. The molecule has 1 aliphatic carbocycles. The van der Waals surface area contributed by atoms with Gasteiger partial charge >= 0.3 is 5.97 Å². The molecular weight excluding hydrogens is 344 g/mol. The van der Waals surface area contributed by atoms with Crippen LogP contribution in [-0.4, -0.2) is 39.3 Å². The lowest BCUT2D eigenvalue weighted by atomic mass is 9.90. The number of Topliss-reactive ketones (excluding diaryl/α,β-unsaturated/α-hetero) is 1. The number of aliphatic hydroxyl groups excluding tert-OH is 2. The minimum Gasteiger partial charge on any atom is -0.481 e. The fourth-order valence-corrected chi connectivity index (χ4v) is 3.10. The van der Waals surface area contributed by atoms with Gasteiger partial charge in [0.2, 0.25) is 0 Å². The van der Waals surface area contributed by atoms with Crippen molar-refractivity contribution in [3.63, 3.8) is 0 Å². The summed E-state index contributed by atoms with van der Waals surface area (Å²) in [5.41, 5.74) is 0. The first-order valence-corrected chi connectivity index (χ1v) is 9.69. The highest BCUT2D eigenvalue weighted by molar-refractivity contribution is 5.84. The third kappa shape index (κ3) is 9.50. The molecular formula is C22H32O5. The number of carboxylic acid groups (broad SMARTS) is 1. The SMILES string of the molecule is CC/C=C\C/C=C\C[C@@H](O)/C=C/[C@H]1[C@H](C/C=C\CCC(=O)O)C(=O)C[C@@H]1O. The van der Waals surface area contributed by atoms with Crippen LogP contribution in [0.25, 0.3) is 0 Å². The van der Waals surface area contributed by atoms with Crippen LogP contribution < -0.4 is 0 Å². The highest BCUT2D eigenvalue weighted by atomic mass is 16.4. The second kappa shape index (κ2) is 13.2. The third-order valence-corrected chi connectivity index (χ3v) is 4.59. The molecule has 0 radical (unpaired) electrons. The fraction of sp³-hybridized carbons (Fsp3) is 0.545. The first-order valence-electron chi connectivity index (χ1n) is 9.69. The van der Waals surface area contributed by atoms with Crippen molar-refractivity contribution in [2.75, 3.05) is 0 Å². The third-order valence-electron chi connectivity index (χ3n) is 4.59. The molecule has 0 aromatic carbocycles. The van der Waals surface area contributed by atoms with Crippen LogP contribution in [0.5, 0.6) is 0 Å². The largest absolute Gasteiger partial charge is 0.481 e. The van der Waals surface area contributed by atoms with Crippen LogP contribution in [0.4, 0.5) is 0 Å². The Balaban J connectivity index is 2.50. The van der Waals surface area contributed by atoms with Crippen molar-refractivity contribution >= 4 is 11.8 Å². The van der Waals surface area contributed by atoms with E-state index >= 15 is 0 Å². The summed E-state index contributed by atoms with van der Waals surface area (Å²) in [4.78, 5) is 22.6. The second-order valence-corrected chi connectivity index (χ2v) is 6.84. The molecule has 5 nitrogen and oxygen atoms in total. The quantitative estimate of drug-likeness (QED) is 0.453. The minimum absolute atomic E-state index is 0.0112. The van der Waals surface area contributed by atoms with Crippen molar-refractivity contribution in [3.05, 3.63) is 48.6 Å². The van der Waals surface area contributed by atoms with Gasteiger partial charge < -0.3 is 15.3 Å². The molecule has 1 saturated carbocycles. The molecule has 150 valence electrons. The molecule has 3 N–H and O–H groups in total. The average molecular weight is 376 g/mol. The van der Waals surface area contributed by atoms with E-state index in [0.29, 0.717) is 19.3 Å². The fourth-order valence-electron chi connectivity index (χ4n) is 3.10. The molecule has 0 spiro atoms. The van der Waals surface area contributed by atoms with Crippen molar-refractivity contribution in [1.29, 1.82) is 0 Å². The molecule has 0 heterocycles. The van der Waals surface area contributed by atoms with Gasteiger partial charge in [-0.3, -0.25) is 9.59 Å². The van der Waals surface area contributed by atoms with Gasteiger partial charge in [0.1, 0.15) is 5.78 Å². The molecule has 1 aliphatic rings. The number of carbonyl (C=O) groups is 2. The van der Waals surface area contributed by atoms with Gasteiger partial charge in [0.15, 0.2) is 0 Å². The minimum atomic E-state index is -0.850. The van der Waals surface area contributed by atoms with Gasteiger partial charge in [0, 0.05) is 24.7 Å². The molecule has 0 saturated heterocycles. The number of rotatable bonds is 12. The summed E-state index contributed by atoms with van der Waals surface area (Å²) in [5, 5.41) is 28.8. The van der Waals surface area contributed by atoms with Crippen molar-refractivity contribution in [2.45, 2.75) is 64.1 Å². The predicted molar refractivity (Wildman–Crippen MR) is 106 cm³/mol. The van der Waals surface area contributed by atoms with Crippen LogP contribution in [0, 0.1) is 11.8 Å². The zero-order valence-electron chi connectivity index (χ0n) is 16.0. The summed E-state index contributed by atoms with van der Waals surface area (Å²) in [6, 6.07) is 0. The van der Waals surface area contributed by atoms with Gasteiger partial charge in [-0.25, -0.2) is 0 Å². The number of carboxylic acids is 1. The number of hydrogen-bond donors (Lipinski definition) is 3. The van der Waals surface area contributed by atoms with E-state index in [-0.39, 0.29) is 30.5 Å². The van der Waals surface area contributed by atoms with Gasteiger partial charge in [-0.2, -0.15) is 0 Å². The summed E-state index contributed by atoms with van der Waals surface area (Å²) in [6.07, 6.45) is 17.1. The van der Waals surface area contributed by atoms with E-state index in [1.807, 2.05) is 18.2 Å². The van der Waals surface area contributed by atoms with Gasteiger partial charge in [-0.1, -0.05) is 55.5 Å². The van der Waals surface area contributed by atoms with Crippen molar-refractivity contribution in [3.8, 4) is 0 Å². The van der Waals surface area contributed by atoms with Gasteiger partial charge in [0.05, 0.1) is 12.2 Å².